The largest absolute Gasteiger partial charge is 0.369 e. The summed E-state index contributed by atoms with van der Waals surface area (Å²) in [7, 11) is 0. The lowest BCUT2D eigenvalue weighted by Gasteiger charge is -2.44. The number of hydrogen-bond acceptors (Lipinski definition) is 5. The van der Waals surface area contributed by atoms with Gasteiger partial charge in [-0.25, -0.2) is 4.98 Å². The van der Waals surface area contributed by atoms with Crippen LogP contribution in [0.3, 0.4) is 0 Å². The quantitative estimate of drug-likeness (QED) is 0.793. The molecule has 2 aliphatic rings. The predicted molar refractivity (Wildman–Crippen MR) is 115 cm³/mol. The Labute approximate surface area is 172 Å². The molecule has 0 saturated carbocycles. The van der Waals surface area contributed by atoms with Crippen LogP contribution in [-0.4, -0.2) is 66.0 Å². The summed E-state index contributed by atoms with van der Waals surface area (Å²) in [5.74, 6) is 0.263. The highest BCUT2D eigenvalue weighted by atomic mass is 32.1. The minimum Gasteiger partial charge on any atom is -0.369 e. The molecule has 1 unspecified atom stereocenters. The molecule has 2 aliphatic heterocycles. The van der Waals surface area contributed by atoms with Gasteiger partial charge in [-0.3, -0.25) is 9.69 Å². The fraction of sp³-hybridized carbons (Fsp3) is 0.545. The smallest absolute Gasteiger partial charge is 0.227 e. The van der Waals surface area contributed by atoms with Crippen LogP contribution in [0.1, 0.15) is 28.4 Å². The highest BCUT2D eigenvalue weighted by Crippen LogP contribution is 2.23. The Balaban J connectivity index is 1.31. The van der Waals surface area contributed by atoms with Crippen LogP contribution < -0.4 is 4.90 Å². The molecule has 0 N–H and O–H groups in total. The van der Waals surface area contributed by atoms with Crippen LogP contribution in [0, 0.1) is 13.8 Å². The lowest BCUT2D eigenvalue weighted by atomic mass is 10.0. The molecule has 0 aliphatic carbocycles. The van der Waals surface area contributed by atoms with Crippen molar-refractivity contribution < 1.29 is 4.79 Å². The number of piperazine rings is 1. The maximum Gasteiger partial charge on any atom is 0.227 e. The van der Waals surface area contributed by atoms with Crippen molar-refractivity contribution in [2.24, 2.45) is 0 Å². The van der Waals surface area contributed by atoms with Gasteiger partial charge < -0.3 is 9.80 Å². The van der Waals surface area contributed by atoms with Crippen LogP contribution in [0.4, 0.5) is 5.69 Å². The van der Waals surface area contributed by atoms with Crippen LogP contribution in [0.25, 0.3) is 0 Å². The second-order valence-electron chi connectivity index (χ2n) is 7.91. The van der Waals surface area contributed by atoms with E-state index in [-0.39, 0.29) is 5.91 Å². The van der Waals surface area contributed by atoms with E-state index < -0.39 is 0 Å². The Morgan fingerprint density at radius 2 is 1.86 bits per heavy atom. The van der Waals surface area contributed by atoms with E-state index in [2.05, 4.69) is 50.0 Å². The first kappa shape index (κ1) is 19.4. The van der Waals surface area contributed by atoms with Crippen LogP contribution in [-0.2, 0) is 11.2 Å². The van der Waals surface area contributed by atoms with Gasteiger partial charge in [-0.2, -0.15) is 0 Å². The Morgan fingerprint density at radius 1 is 1.11 bits per heavy atom. The number of amides is 1. The molecular weight excluding hydrogens is 368 g/mol. The molecule has 2 fully saturated rings. The normalized spacial score (nSPS) is 21.1. The summed E-state index contributed by atoms with van der Waals surface area (Å²) in [6, 6.07) is 11.2. The van der Waals surface area contributed by atoms with E-state index in [1.807, 2.05) is 13.8 Å². The Hall–Kier alpha value is -1.92. The summed E-state index contributed by atoms with van der Waals surface area (Å²) in [6.45, 7) is 10.1. The van der Waals surface area contributed by atoms with Gasteiger partial charge in [0, 0.05) is 55.9 Å². The Kier molecular flexibility index (Phi) is 5.97. The molecule has 28 heavy (non-hydrogen) atoms. The third-order valence-electron chi connectivity index (χ3n) is 6.01. The fourth-order valence-electron chi connectivity index (χ4n) is 4.45. The van der Waals surface area contributed by atoms with Gasteiger partial charge in [0.1, 0.15) is 0 Å². The minimum atomic E-state index is 0.263. The summed E-state index contributed by atoms with van der Waals surface area (Å²) in [5, 5.41) is 1.05. The number of aromatic nitrogens is 1. The summed E-state index contributed by atoms with van der Waals surface area (Å²) < 4.78 is 0. The van der Waals surface area contributed by atoms with Gasteiger partial charge in [-0.1, -0.05) is 18.2 Å². The van der Waals surface area contributed by atoms with Crippen molar-refractivity contribution in [3.8, 4) is 0 Å². The SMILES string of the molecule is Cc1nc(C)c(CC(=O)N2CCCC(N3CCN(c4ccccc4)CC3)C2)s1. The van der Waals surface area contributed by atoms with Gasteiger partial charge in [-0.05, 0) is 38.8 Å². The third kappa shape index (κ3) is 4.39. The zero-order valence-electron chi connectivity index (χ0n) is 16.9. The predicted octanol–water partition coefficient (Wildman–Crippen LogP) is 3.12. The van der Waals surface area contributed by atoms with Crippen LogP contribution in [0.5, 0.6) is 0 Å². The van der Waals surface area contributed by atoms with E-state index in [9.17, 15) is 4.79 Å². The molecule has 150 valence electrons. The number of piperidine rings is 1. The molecule has 5 nitrogen and oxygen atoms in total. The maximum atomic E-state index is 12.9. The van der Waals surface area contributed by atoms with Gasteiger partial charge in [0.25, 0.3) is 0 Å². The average molecular weight is 399 g/mol. The van der Waals surface area contributed by atoms with Crippen LogP contribution in [0.15, 0.2) is 30.3 Å². The van der Waals surface area contributed by atoms with Crippen molar-refractivity contribution in [3.63, 3.8) is 0 Å². The molecule has 1 atom stereocenters. The number of benzene rings is 1. The van der Waals surface area contributed by atoms with Crippen molar-refractivity contribution in [2.75, 3.05) is 44.2 Å². The van der Waals surface area contributed by atoms with E-state index in [1.165, 1.54) is 12.1 Å². The van der Waals surface area contributed by atoms with Gasteiger partial charge in [-0.15, -0.1) is 11.3 Å². The zero-order chi connectivity index (χ0) is 19.5. The van der Waals surface area contributed by atoms with Crippen molar-refractivity contribution in [3.05, 3.63) is 45.9 Å². The number of para-hydroxylation sites is 1. The number of hydrogen-bond donors (Lipinski definition) is 0. The van der Waals surface area contributed by atoms with Gasteiger partial charge in [0.05, 0.1) is 17.1 Å². The maximum absolute atomic E-state index is 12.9. The first-order chi connectivity index (χ1) is 13.6. The van der Waals surface area contributed by atoms with Crippen molar-refractivity contribution in [1.29, 1.82) is 0 Å². The van der Waals surface area contributed by atoms with Crippen molar-refractivity contribution in [1.82, 2.24) is 14.8 Å². The first-order valence-electron chi connectivity index (χ1n) is 10.3. The number of anilines is 1. The van der Waals surface area contributed by atoms with E-state index >= 15 is 0 Å². The average Bonchev–Trinajstić information content (AvgIpc) is 3.05. The van der Waals surface area contributed by atoms with Crippen LogP contribution >= 0.6 is 11.3 Å². The molecule has 0 radical (unpaired) electrons. The minimum absolute atomic E-state index is 0.263. The summed E-state index contributed by atoms with van der Waals surface area (Å²) >= 11 is 1.66. The second-order valence-corrected chi connectivity index (χ2v) is 9.20. The number of rotatable bonds is 4. The number of carbonyl (C=O) groups is 1. The Bertz CT molecular complexity index is 798. The standard InChI is InChI=1S/C22H30N4OS/c1-17-21(28-18(2)23-17)15-22(27)26-10-6-9-20(16-26)25-13-11-24(12-14-25)19-7-4-3-5-8-19/h3-5,7-8,20H,6,9-16H2,1-2H3. The summed E-state index contributed by atoms with van der Waals surface area (Å²) in [4.78, 5) is 25.6. The van der Waals surface area contributed by atoms with E-state index in [0.717, 1.165) is 61.3 Å². The molecule has 1 aromatic carbocycles. The molecule has 4 rings (SSSR count). The molecule has 1 amide bonds. The molecule has 1 aromatic heterocycles. The molecular formula is C22H30N4OS. The zero-order valence-corrected chi connectivity index (χ0v) is 17.7. The lowest BCUT2D eigenvalue weighted by Crippen LogP contribution is -2.56. The number of carbonyl (C=O) groups excluding carboxylic acids is 1. The summed E-state index contributed by atoms with van der Waals surface area (Å²) in [6.07, 6.45) is 2.82. The molecule has 3 heterocycles. The number of aryl methyl sites for hydroxylation is 2. The lowest BCUT2D eigenvalue weighted by molar-refractivity contribution is -0.132. The summed E-state index contributed by atoms with van der Waals surface area (Å²) in [5.41, 5.74) is 2.33. The highest BCUT2D eigenvalue weighted by molar-refractivity contribution is 7.11. The van der Waals surface area contributed by atoms with E-state index in [1.54, 1.807) is 11.3 Å². The molecule has 0 spiro atoms. The Morgan fingerprint density at radius 3 is 2.54 bits per heavy atom. The fourth-order valence-corrected chi connectivity index (χ4v) is 5.38. The van der Waals surface area contributed by atoms with E-state index in [0.29, 0.717) is 12.5 Å². The van der Waals surface area contributed by atoms with E-state index in [4.69, 9.17) is 0 Å². The molecule has 2 aromatic rings. The molecule has 0 bridgehead atoms. The third-order valence-corrected chi connectivity index (χ3v) is 7.09. The highest BCUT2D eigenvalue weighted by Gasteiger charge is 2.30. The second kappa shape index (κ2) is 8.62. The van der Waals surface area contributed by atoms with Gasteiger partial charge >= 0.3 is 0 Å². The van der Waals surface area contributed by atoms with Crippen molar-refractivity contribution >= 4 is 22.9 Å². The van der Waals surface area contributed by atoms with Gasteiger partial charge in [0.15, 0.2) is 0 Å². The number of thiazole rings is 1. The van der Waals surface area contributed by atoms with Crippen LogP contribution in [0.2, 0.25) is 0 Å². The first-order valence-corrected chi connectivity index (χ1v) is 11.2. The number of likely N-dealkylation sites (tertiary alicyclic amines) is 1. The van der Waals surface area contributed by atoms with Gasteiger partial charge in [0.2, 0.25) is 5.91 Å². The monoisotopic (exact) mass is 398 g/mol. The topological polar surface area (TPSA) is 39.7 Å². The molecule has 6 heteroatoms. The number of nitrogens with zero attached hydrogens (tertiary/aromatic N) is 4. The van der Waals surface area contributed by atoms with Crippen molar-refractivity contribution in [2.45, 2.75) is 39.2 Å². The molecule has 2 saturated heterocycles.